The highest BCUT2D eigenvalue weighted by Gasteiger charge is 2.15. The van der Waals surface area contributed by atoms with Crippen LogP contribution in [0.1, 0.15) is 35.2 Å². The van der Waals surface area contributed by atoms with Crippen molar-refractivity contribution in [3.8, 4) is 11.5 Å². The van der Waals surface area contributed by atoms with Gasteiger partial charge in [-0.05, 0) is 69.6 Å². The SMILES string of the molecule is CNC(C)c1cc(F)c(C)cc1Oc1cc(C)ccc1C. The minimum atomic E-state index is -0.208. The average molecular weight is 287 g/mol. The second kappa shape index (κ2) is 6.27. The van der Waals surface area contributed by atoms with E-state index in [2.05, 4.69) is 11.4 Å². The van der Waals surface area contributed by atoms with Gasteiger partial charge in [0.25, 0.3) is 0 Å². The van der Waals surface area contributed by atoms with E-state index < -0.39 is 0 Å². The number of benzene rings is 2. The summed E-state index contributed by atoms with van der Waals surface area (Å²) < 4.78 is 19.9. The predicted octanol–water partition coefficient (Wildman–Crippen LogP) is 4.82. The normalized spacial score (nSPS) is 12.3. The van der Waals surface area contributed by atoms with Crippen LogP contribution in [0.3, 0.4) is 0 Å². The zero-order valence-electron chi connectivity index (χ0n) is 13.3. The lowest BCUT2D eigenvalue weighted by atomic mass is 10.0. The molecule has 1 atom stereocenters. The van der Waals surface area contributed by atoms with E-state index in [9.17, 15) is 4.39 Å². The molecule has 1 unspecified atom stereocenters. The van der Waals surface area contributed by atoms with Gasteiger partial charge in [0.05, 0.1) is 0 Å². The number of nitrogens with one attached hydrogen (secondary N) is 1. The Balaban J connectivity index is 2.47. The number of hydrogen-bond donors (Lipinski definition) is 1. The summed E-state index contributed by atoms with van der Waals surface area (Å²) in [4.78, 5) is 0. The van der Waals surface area contributed by atoms with E-state index in [0.29, 0.717) is 11.3 Å². The van der Waals surface area contributed by atoms with Crippen molar-refractivity contribution < 1.29 is 9.13 Å². The lowest BCUT2D eigenvalue weighted by Gasteiger charge is -2.18. The Morgan fingerprint density at radius 1 is 1.00 bits per heavy atom. The molecule has 2 aromatic carbocycles. The van der Waals surface area contributed by atoms with Gasteiger partial charge in [-0.15, -0.1) is 0 Å². The summed E-state index contributed by atoms with van der Waals surface area (Å²) >= 11 is 0. The summed E-state index contributed by atoms with van der Waals surface area (Å²) in [5, 5.41) is 3.13. The summed E-state index contributed by atoms with van der Waals surface area (Å²) in [6.45, 7) is 7.77. The molecule has 2 rings (SSSR count). The van der Waals surface area contributed by atoms with Crippen LogP contribution < -0.4 is 10.1 Å². The Morgan fingerprint density at radius 2 is 1.71 bits per heavy atom. The Hall–Kier alpha value is -1.87. The lowest BCUT2D eigenvalue weighted by Crippen LogP contribution is -2.14. The van der Waals surface area contributed by atoms with Crippen LogP contribution in [0.2, 0.25) is 0 Å². The molecule has 21 heavy (non-hydrogen) atoms. The number of rotatable bonds is 4. The van der Waals surface area contributed by atoms with E-state index in [1.807, 2.05) is 40.0 Å². The molecule has 0 saturated carbocycles. The van der Waals surface area contributed by atoms with Gasteiger partial charge in [-0.2, -0.15) is 0 Å². The molecular formula is C18H22FNO. The zero-order valence-corrected chi connectivity index (χ0v) is 13.3. The second-order valence-electron chi connectivity index (χ2n) is 5.52. The van der Waals surface area contributed by atoms with E-state index in [1.165, 1.54) is 0 Å². The van der Waals surface area contributed by atoms with Gasteiger partial charge in [0.1, 0.15) is 17.3 Å². The second-order valence-corrected chi connectivity index (χ2v) is 5.52. The molecule has 0 aliphatic heterocycles. The highest BCUT2D eigenvalue weighted by atomic mass is 19.1. The molecule has 0 aliphatic carbocycles. The summed E-state index contributed by atoms with van der Waals surface area (Å²) in [7, 11) is 1.85. The van der Waals surface area contributed by atoms with Crippen molar-refractivity contribution in [3.05, 3.63) is 58.4 Å². The Morgan fingerprint density at radius 3 is 2.38 bits per heavy atom. The van der Waals surface area contributed by atoms with E-state index in [1.54, 1.807) is 19.1 Å². The molecule has 2 aromatic rings. The lowest BCUT2D eigenvalue weighted by molar-refractivity contribution is 0.458. The van der Waals surface area contributed by atoms with Gasteiger partial charge in [-0.25, -0.2) is 4.39 Å². The first-order chi connectivity index (χ1) is 9.92. The Kier molecular flexibility index (Phi) is 4.63. The van der Waals surface area contributed by atoms with Crippen LogP contribution in [0.15, 0.2) is 30.3 Å². The van der Waals surface area contributed by atoms with Crippen molar-refractivity contribution in [2.45, 2.75) is 33.7 Å². The summed E-state index contributed by atoms with van der Waals surface area (Å²) in [6.07, 6.45) is 0. The van der Waals surface area contributed by atoms with Crippen LogP contribution in [0.5, 0.6) is 11.5 Å². The maximum Gasteiger partial charge on any atom is 0.132 e. The van der Waals surface area contributed by atoms with Crippen molar-refractivity contribution >= 4 is 0 Å². The number of halogens is 1. The minimum Gasteiger partial charge on any atom is -0.457 e. The molecule has 0 bridgehead atoms. The molecule has 3 heteroatoms. The van der Waals surface area contributed by atoms with Crippen molar-refractivity contribution in [2.75, 3.05) is 7.05 Å². The quantitative estimate of drug-likeness (QED) is 0.870. The minimum absolute atomic E-state index is 0.0141. The van der Waals surface area contributed by atoms with E-state index in [-0.39, 0.29) is 11.9 Å². The molecule has 0 aliphatic rings. The van der Waals surface area contributed by atoms with Gasteiger partial charge in [0.15, 0.2) is 0 Å². The largest absolute Gasteiger partial charge is 0.457 e. The Bertz CT molecular complexity index is 652. The molecule has 1 N–H and O–H groups in total. The molecule has 0 aromatic heterocycles. The van der Waals surface area contributed by atoms with Gasteiger partial charge in [0.2, 0.25) is 0 Å². The molecule has 0 radical (unpaired) electrons. The number of hydrogen-bond acceptors (Lipinski definition) is 2. The van der Waals surface area contributed by atoms with Crippen molar-refractivity contribution in [1.29, 1.82) is 0 Å². The van der Waals surface area contributed by atoms with Gasteiger partial charge in [0, 0.05) is 11.6 Å². The molecule has 0 spiro atoms. The third-order valence-corrected chi connectivity index (χ3v) is 3.75. The molecular weight excluding hydrogens is 265 g/mol. The number of aryl methyl sites for hydroxylation is 3. The van der Waals surface area contributed by atoms with Gasteiger partial charge < -0.3 is 10.1 Å². The van der Waals surface area contributed by atoms with Crippen molar-refractivity contribution in [2.24, 2.45) is 0 Å². The van der Waals surface area contributed by atoms with Crippen LogP contribution in [-0.4, -0.2) is 7.05 Å². The van der Waals surface area contributed by atoms with Gasteiger partial charge >= 0.3 is 0 Å². The maximum atomic E-state index is 13.9. The summed E-state index contributed by atoms with van der Waals surface area (Å²) in [5.41, 5.74) is 3.60. The fraction of sp³-hybridized carbons (Fsp3) is 0.333. The fourth-order valence-corrected chi connectivity index (χ4v) is 2.19. The maximum absolute atomic E-state index is 13.9. The standard InChI is InChI=1S/C18H22FNO/c1-11-6-7-12(2)17(8-11)21-18-9-13(3)16(19)10-15(18)14(4)20-5/h6-10,14,20H,1-5H3. The summed E-state index contributed by atoms with van der Waals surface area (Å²) in [5.74, 6) is 1.30. The highest BCUT2D eigenvalue weighted by Crippen LogP contribution is 2.33. The van der Waals surface area contributed by atoms with Gasteiger partial charge in [-0.1, -0.05) is 12.1 Å². The van der Waals surface area contributed by atoms with E-state index in [4.69, 9.17) is 4.74 Å². The Labute approximate surface area is 126 Å². The predicted molar refractivity (Wildman–Crippen MR) is 84.6 cm³/mol. The van der Waals surface area contributed by atoms with Crippen LogP contribution in [0.25, 0.3) is 0 Å². The first kappa shape index (κ1) is 15.5. The fourth-order valence-electron chi connectivity index (χ4n) is 2.19. The van der Waals surface area contributed by atoms with E-state index in [0.717, 1.165) is 22.4 Å². The summed E-state index contributed by atoms with van der Waals surface area (Å²) in [6, 6.07) is 9.41. The first-order valence-electron chi connectivity index (χ1n) is 7.14. The van der Waals surface area contributed by atoms with E-state index >= 15 is 0 Å². The first-order valence-corrected chi connectivity index (χ1v) is 7.14. The third kappa shape index (κ3) is 3.42. The molecule has 0 amide bonds. The smallest absolute Gasteiger partial charge is 0.132 e. The van der Waals surface area contributed by atoms with Crippen molar-refractivity contribution in [1.82, 2.24) is 5.32 Å². The average Bonchev–Trinajstić information content (AvgIpc) is 2.45. The topological polar surface area (TPSA) is 21.3 Å². The highest BCUT2D eigenvalue weighted by molar-refractivity contribution is 5.45. The molecule has 0 saturated heterocycles. The van der Waals surface area contributed by atoms with Gasteiger partial charge in [-0.3, -0.25) is 0 Å². The molecule has 2 nitrogen and oxygen atoms in total. The van der Waals surface area contributed by atoms with Crippen LogP contribution >= 0.6 is 0 Å². The van der Waals surface area contributed by atoms with Crippen molar-refractivity contribution in [3.63, 3.8) is 0 Å². The molecule has 0 heterocycles. The number of ether oxygens (including phenoxy) is 1. The monoisotopic (exact) mass is 287 g/mol. The zero-order chi connectivity index (χ0) is 15.6. The molecule has 112 valence electrons. The third-order valence-electron chi connectivity index (χ3n) is 3.75. The van der Waals surface area contributed by atoms with Crippen LogP contribution in [0.4, 0.5) is 4.39 Å². The molecule has 0 fully saturated rings. The van der Waals surface area contributed by atoms with Crippen LogP contribution in [-0.2, 0) is 0 Å². The van der Waals surface area contributed by atoms with Crippen LogP contribution in [0, 0.1) is 26.6 Å².